The molecule has 0 aromatic rings. The van der Waals surface area contributed by atoms with Crippen LogP contribution in [0.15, 0.2) is 0 Å². The highest BCUT2D eigenvalue weighted by atomic mass is 79.9. The van der Waals surface area contributed by atoms with Crippen molar-refractivity contribution >= 4 is 33.7 Å². The van der Waals surface area contributed by atoms with Crippen LogP contribution in [0.25, 0.3) is 5.53 Å². The third-order valence-corrected chi connectivity index (χ3v) is 4.17. The third kappa shape index (κ3) is 7.94. The van der Waals surface area contributed by atoms with Gasteiger partial charge in [-0.1, -0.05) is 23.4 Å². The summed E-state index contributed by atoms with van der Waals surface area (Å²) in [6.07, 6.45) is 4.26. The molecule has 2 rings (SSSR count). The molecule has 22 heavy (non-hydrogen) atoms. The quantitative estimate of drug-likeness (QED) is 0.325. The highest BCUT2D eigenvalue weighted by Gasteiger charge is 2.22. The molecule has 0 atom stereocenters. The maximum atomic E-state index is 11.1. The Kier molecular flexibility index (Phi) is 12.1. The normalized spacial score (nSPS) is 19.0. The topological polar surface area (TPSA) is 89.0 Å². The van der Waals surface area contributed by atoms with Gasteiger partial charge in [-0.2, -0.15) is 4.79 Å². The minimum atomic E-state index is -0.101. The molecule has 0 aromatic heterocycles. The SMILES string of the molecule is C.O=C(CBr)C1CCOCC1.[N-]=[N+]=CC(=O)C1CCOCC1. The van der Waals surface area contributed by atoms with Gasteiger partial charge in [0.15, 0.2) is 0 Å². The molecule has 2 saturated heterocycles. The first-order valence-electron chi connectivity index (χ1n) is 7.14. The van der Waals surface area contributed by atoms with Gasteiger partial charge in [0.2, 0.25) is 5.78 Å². The van der Waals surface area contributed by atoms with E-state index >= 15 is 0 Å². The molecule has 0 radical (unpaired) electrons. The number of nitrogens with zero attached hydrogens (tertiary/aromatic N) is 2. The van der Waals surface area contributed by atoms with Crippen LogP contribution in [0.4, 0.5) is 0 Å². The average Bonchev–Trinajstić information content (AvgIpc) is 2.56. The van der Waals surface area contributed by atoms with Crippen molar-refractivity contribution in [2.75, 3.05) is 31.8 Å². The van der Waals surface area contributed by atoms with Gasteiger partial charge in [-0.15, -0.1) is 0 Å². The largest absolute Gasteiger partial charge is 0.381 e. The molecule has 126 valence electrons. The summed E-state index contributed by atoms with van der Waals surface area (Å²) in [7, 11) is 0. The Morgan fingerprint density at radius 1 is 1.05 bits per heavy atom. The number of carbonyl (C=O) groups excluding carboxylic acids is 2. The first-order valence-corrected chi connectivity index (χ1v) is 8.26. The number of hydrogen-bond acceptors (Lipinski definition) is 4. The Bertz CT molecular complexity index is 385. The van der Waals surface area contributed by atoms with Crippen LogP contribution in [0.5, 0.6) is 0 Å². The fourth-order valence-electron chi connectivity index (χ4n) is 2.27. The van der Waals surface area contributed by atoms with Crippen molar-refractivity contribution in [3.05, 3.63) is 5.53 Å². The number of ketones is 2. The summed E-state index contributed by atoms with van der Waals surface area (Å²) in [5.74, 6) is 0.479. The van der Waals surface area contributed by atoms with Gasteiger partial charge in [0.05, 0.1) is 5.33 Å². The first kappa shape index (κ1) is 21.1. The molecular weight excluding hydrogens is 352 g/mol. The molecule has 0 aliphatic carbocycles. The molecule has 2 fully saturated rings. The number of rotatable bonds is 4. The Morgan fingerprint density at radius 2 is 1.50 bits per heavy atom. The lowest BCUT2D eigenvalue weighted by Gasteiger charge is -2.19. The molecule has 0 amide bonds. The lowest BCUT2D eigenvalue weighted by atomic mass is 9.96. The predicted octanol–water partition coefficient (Wildman–Crippen LogP) is 2.30. The number of hydrogen-bond donors (Lipinski definition) is 0. The van der Waals surface area contributed by atoms with Crippen LogP contribution in [-0.4, -0.2) is 54.3 Å². The maximum absolute atomic E-state index is 11.1. The highest BCUT2D eigenvalue weighted by Crippen LogP contribution is 2.16. The molecule has 2 heterocycles. The Labute approximate surface area is 140 Å². The summed E-state index contributed by atoms with van der Waals surface area (Å²) in [4.78, 5) is 24.8. The fourth-order valence-corrected chi connectivity index (χ4v) is 2.73. The Balaban J connectivity index is 0.000000385. The molecular formula is C15H25BrN2O4. The zero-order chi connectivity index (χ0) is 15.5. The van der Waals surface area contributed by atoms with E-state index in [0.29, 0.717) is 24.3 Å². The second-order valence-corrected chi connectivity index (χ2v) is 5.58. The van der Waals surface area contributed by atoms with E-state index < -0.39 is 0 Å². The maximum Gasteiger partial charge on any atom is 0.323 e. The molecule has 2 aliphatic heterocycles. The van der Waals surface area contributed by atoms with Crippen LogP contribution in [0, 0.1) is 11.8 Å². The smallest absolute Gasteiger partial charge is 0.323 e. The van der Waals surface area contributed by atoms with E-state index in [9.17, 15) is 9.59 Å². The minimum Gasteiger partial charge on any atom is -0.381 e. The van der Waals surface area contributed by atoms with Crippen molar-refractivity contribution in [1.29, 1.82) is 0 Å². The van der Waals surface area contributed by atoms with Gasteiger partial charge in [-0.25, -0.2) is 0 Å². The van der Waals surface area contributed by atoms with E-state index in [4.69, 9.17) is 15.0 Å². The summed E-state index contributed by atoms with van der Waals surface area (Å²) >= 11 is 3.16. The molecule has 0 spiro atoms. The van der Waals surface area contributed by atoms with Crippen LogP contribution in [0.2, 0.25) is 0 Å². The molecule has 0 aromatic carbocycles. The zero-order valence-electron chi connectivity index (χ0n) is 12.0. The molecule has 7 heteroatoms. The van der Waals surface area contributed by atoms with Crippen LogP contribution < -0.4 is 0 Å². The lowest BCUT2D eigenvalue weighted by Crippen LogP contribution is -2.24. The van der Waals surface area contributed by atoms with E-state index in [1.165, 1.54) is 0 Å². The van der Waals surface area contributed by atoms with Gasteiger partial charge in [0.25, 0.3) is 0 Å². The second kappa shape index (κ2) is 12.6. The summed E-state index contributed by atoms with van der Waals surface area (Å²) in [5.41, 5.74) is 8.08. The van der Waals surface area contributed by atoms with Crippen molar-refractivity contribution in [3.63, 3.8) is 0 Å². The Hall–Kier alpha value is -0.880. The van der Waals surface area contributed by atoms with Gasteiger partial charge < -0.3 is 15.0 Å². The molecule has 0 bridgehead atoms. The minimum absolute atomic E-state index is 0. The van der Waals surface area contributed by atoms with E-state index in [1.807, 2.05) is 0 Å². The second-order valence-electron chi connectivity index (χ2n) is 5.02. The van der Waals surface area contributed by atoms with Gasteiger partial charge in [0, 0.05) is 38.3 Å². The van der Waals surface area contributed by atoms with E-state index in [1.54, 1.807) is 0 Å². The van der Waals surface area contributed by atoms with E-state index in [0.717, 1.165) is 45.1 Å². The van der Waals surface area contributed by atoms with Crippen LogP contribution in [0.1, 0.15) is 33.1 Å². The van der Waals surface area contributed by atoms with Crippen molar-refractivity contribution in [2.45, 2.75) is 33.1 Å². The monoisotopic (exact) mass is 376 g/mol. The summed E-state index contributed by atoms with van der Waals surface area (Å²) in [6.45, 7) is 2.78. The number of carbonyl (C=O) groups is 2. The van der Waals surface area contributed by atoms with Gasteiger partial charge in [0.1, 0.15) is 5.78 Å². The lowest BCUT2D eigenvalue weighted by molar-refractivity contribution is -0.123. The molecule has 0 saturated carbocycles. The number of Topliss-reactive ketones (excluding diaryl/α,β-unsaturated/α-hetero) is 2. The average molecular weight is 377 g/mol. The van der Waals surface area contributed by atoms with Gasteiger partial charge >= 0.3 is 6.21 Å². The number of ether oxygens (including phenoxy) is 2. The number of alkyl halides is 1. The van der Waals surface area contributed by atoms with Gasteiger partial charge in [-0.05, 0) is 25.7 Å². The van der Waals surface area contributed by atoms with E-state index in [-0.39, 0.29) is 25.0 Å². The van der Waals surface area contributed by atoms with Crippen molar-refractivity contribution in [3.8, 4) is 0 Å². The summed E-state index contributed by atoms with van der Waals surface area (Å²) in [5, 5.41) is 0.498. The molecule has 0 unspecified atom stereocenters. The standard InChI is InChI=1S/C7H11BrO2.C7H10N2O2.CH4/c8-5-7(9)6-1-3-10-4-2-6;8-9-5-7(10)6-1-3-11-4-2-6;/h6H,1-5H2;5-6H,1-4H2;1H4. The summed E-state index contributed by atoms with van der Waals surface area (Å²) in [6, 6.07) is 0. The van der Waals surface area contributed by atoms with Crippen LogP contribution in [0.3, 0.4) is 0 Å². The highest BCUT2D eigenvalue weighted by molar-refractivity contribution is 9.09. The molecule has 2 aliphatic rings. The van der Waals surface area contributed by atoms with Gasteiger partial charge in [-0.3, -0.25) is 9.59 Å². The summed E-state index contributed by atoms with van der Waals surface area (Å²) < 4.78 is 10.2. The fraction of sp³-hybridized carbons (Fsp3) is 0.800. The van der Waals surface area contributed by atoms with Crippen molar-refractivity contribution < 1.29 is 23.9 Å². The Morgan fingerprint density at radius 3 is 1.91 bits per heavy atom. The van der Waals surface area contributed by atoms with Crippen molar-refractivity contribution in [2.24, 2.45) is 11.8 Å². The van der Waals surface area contributed by atoms with Crippen LogP contribution >= 0.6 is 15.9 Å². The third-order valence-electron chi connectivity index (χ3n) is 3.62. The first-order chi connectivity index (χ1) is 10.2. The van der Waals surface area contributed by atoms with Crippen LogP contribution in [-0.2, 0) is 19.1 Å². The molecule has 0 N–H and O–H groups in total. The van der Waals surface area contributed by atoms with Crippen molar-refractivity contribution in [1.82, 2.24) is 0 Å². The van der Waals surface area contributed by atoms with E-state index in [2.05, 4.69) is 20.7 Å². The zero-order valence-corrected chi connectivity index (χ0v) is 13.6. The predicted molar refractivity (Wildman–Crippen MR) is 87.3 cm³/mol. The number of halogens is 1. The molecule has 6 nitrogen and oxygen atoms in total.